The Labute approximate surface area is 140 Å². The van der Waals surface area contributed by atoms with E-state index in [4.69, 9.17) is 0 Å². The Morgan fingerprint density at radius 3 is 2.78 bits per heavy atom. The molecule has 2 aromatic heterocycles. The predicted octanol–water partition coefficient (Wildman–Crippen LogP) is 2.46. The smallest absolute Gasteiger partial charge is 0.139 e. The second kappa shape index (κ2) is 6.43. The molecule has 2 aromatic rings. The summed E-state index contributed by atoms with van der Waals surface area (Å²) in [4.78, 5) is 23.0. The van der Waals surface area contributed by atoms with Crippen LogP contribution in [0.15, 0.2) is 0 Å². The van der Waals surface area contributed by atoms with Gasteiger partial charge in [0.1, 0.15) is 16.5 Å². The minimum absolute atomic E-state index is 0.0280. The second-order valence-electron chi connectivity index (χ2n) is 6.34. The SMILES string of the molecule is CC[C@H](C)[C@H](Nc1nc(C)nc2sc3c(c12)CCCC3)C(=O)[O-]. The molecule has 1 aliphatic rings. The number of aryl methyl sites for hydroxylation is 3. The van der Waals surface area contributed by atoms with Gasteiger partial charge in [-0.2, -0.15) is 0 Å². The molecule has 0 amide bonds. The van der Waals surface area contributed by atoms with Gasteiger partial charge in [-0.3, -0.25) is 0 Å². The molecule has 23 heavy (non-hydrogen) atoms. The van der Waals surface area contributed by atoms with Crippen molar-refractivity contribution < 1.29 is 9.90 Å². The topological polar surface area (TPSA) is 77.9 Å². The molecule has 0 radical (unpaired) electrons. The van der Waals surface area contributed by atoms with Crippen LogP contribution in [0.25, 0.3) is 10.2 Å². The molecule has 2 atom stereocenters. The Bertz CT molecular complexity index is 741. The zero-order chi connectivity index (χ0) is 16.6. The fourth-order valence-electron chi connectivity index (χ4n) is 3.19. The van der Waals surface area contributed by atoms with E-state index in [2.05, 4.69) is 15.3 Å². The number of hydrogen-bond donors (Lipinski definition) is 1. The van der Waals surface area contributed by atoms with Gasteiger partial charge in [-0.05, 0) is 44.1 Å². The van der Waals surface area contributed by atoms with E-state index in [1.807, 2.05) is 20.8 Å². The Balaban J connectivity index is 2.08. The Morgan fingerprint density at radius 2 is 2.09 bits per heavy atom. The van der Waals surface area contributed by atoms with E-state index >= 15 is 0 Å². The third-order valence-electron chi connectivity index (χ3n) is 4.69. The van der Waals surface area contributed by atoms with Crippen molar-refractivity contribution in [2.24, 2.45) is 5.92 Å². The summed E-state index contributed by atoms with van der Waals surface area (Å²) in [5.74, 6) is 0.217. The number of nitrogens with one attached hydrogen (secondary N) is 1. The molecule has 0 spiro atoms. The number of hydrogen-bond acceptors (Lipinski definition) is 6. The van der Waals surface area contributed by atoms with Gasteiger partial charge in [-0.1, -0.05) is 20.3 Å². The maximum absolute atomic E-state index is 11.5. The lowest BCUT2D eigenvalue weighted by Crippen LogP contribution is -2.45. The summed E-state index contributed by atoms with van der Waals surface area (Å²) in [6.07, 6.45) is 5.26. The predicted molar refractivity (Wildman–Crippen MR) is 90.7 cm³/mol. The largest absolute Gasteiger partial charge is 0.548 e. The lowest BCUT2D eigenvalue weighted by molar-refractivity contribution is -0.307. The number of anilines is 1. The van der Waals surface area contributed by atoms with Crippen LogP contribution in [0.1, 0.15) is 49.4 Å². The summed E-state index contributed by atoms with van der Waals surface area (Å²) in [7, 11) is 0. The summed E-state index contributed by atoms with van der Waals surface area (Å²) < 4.78 is 0. The number of carboxylic acids is 1. The summed E-state index contributed by atoms with van der Waals surface area (Å²) in [6, 6.07) is -0.739. The average Bonchev–Trinajstić information content (AvgIpc) is 2.89. The molecule has 6 heteroatoms. The van der Waals surface area contributed by atoms with Crippen LogP contribution in [0.2, 0.25) is 0 Å². The van der Waals surface area contributed by atoms with Crippen LogP contribution in [0.4, 0.5) is 5.82 Å². The monoisotopic (exact) mass is 332 g/mol. The maximum Gasteiger partial charge on any atom is 0.139 e. The number of carbonyl (C=O) groups excluding carboxylic acids is 1. The first kappa shape index (κ1) is 16.2. The average molecular weight is 332 g/mol. The molecule has 1 aliphatic carbocycles. The zero-order valence-corrected chi connectivity index (χ0v) is 14.6. The molecule has 3 rings (SSSR count). The standard InChI is InChI=1S/C17H23N3O2S/c1-4-9(2)14(17(21)22)20-15-13-11-7-5-6-8-12(11)23-16(13)19-10(3)18-15/h9,14H,4-8H2,1-3H3,(H,21,22)(H,18,19,20)/p-1/t9-,14-/m0/s1. The van der Waals surface area contributed by atoms with Crippen molar-refractivity contribution in [1.82, 2.24) is 9.97 Å². The van der Waals surface area contributed by atoms with Gasteiger partial charge in [0.15, 0.2) is 0 Å². The molecule has 0 saturated carbocycles. The molecule has 0 aromatic carbocycles. The molecular weight excluding hydrogens is 310 g/mol. The lowest BCUT2D eigenvalue weighted by atomic mass is 9.96. The fourth-order valence-corrected chi connectivity index (χ4v) is 4.49. The van der Waals surface area contributed by atoms with Crippen LogP contribution in [-0.4, -0.2) is 22.0 Å². The molecule has 0 bridgehead atoms. The highest BCUT2D eigenvalue weighted by Gasteiger charge is 2.24. The van der Waals surface area contributed by atoms with Crippen molar-refractivity contribution in [3.05, 3.63) is 16.3 Å². The van der Waals surface area contributed by atoms with Gasteiger partial charge in [-0.25, -0.2) is 9.97 Å². The minimum atomic E-state index is -1.08. The van der Waals surface area contributed by atoms with Gasteiger partial charge in [-0.15, -0.1) is 11.3 Å². The Hall–Kier alpha value is -1.69. The highest BCUT2D eigenvalue weighted by molar-refractivity contribution is 7.19. The van der Waals surface area contributed by atoms with Crippen molar-refractivity contribution in [2.75, 3.05) is 5.32 Å². The summed E-state index contributed by atoms with van der Waals surface area (Å²) >= 11 is 1.72. The van der Waals surface area contributed by atoms with Gasteiger partial charge in [0, 0.05) is 4.88 Å². The number of nitrogens with zero attached hydrogens (tertiary/aromatic N) is 2. The van der Waals surface area contributed by atoms with Gasteiger partial charge in [0.05, 0.1) is 17.4 Å². The third-order valence-corrected chi connectivity index (χ3v) is 5.87. The number of aliphatic carboxylic acids is 1. The number of fused-ring (bicyclic) bond motifs is 3. The van der Waals surface area contributed by atoms with E-state index in [9.17, 15) is 9.90 Å². The van der Waals surface area contributed by atoms with Crippen LogP contribution in [0.3, 0.4) is 0 Å². The highest BCUT2D eigenvalue weighted by atomic mass is 32.1. The highest BCUT2D eigenvalue weighted by Crippen LogP contribution is 2.38. The number of aromatic nitrogens is 2. The number of rotatable bonds is 5. The molecule has 0 aliphatic heterocycles. The van der Waals surface area contributed by atoms with Crippen molar-refractivity contribution in [1.29, 1.82) is 0 Å². The van der Waals surface area contributed by atoms with Gasteiger partial charge in [0.25, 0.3) is 0 Å². The van der Waals surface area contributed by atoms with Crippen molar-refractivity contribution in [3.63, 3.8) is 0 Å². The first-order valence-corrected chi connectivity index (χ1v) is 9.09. The maximum atomic E-state index is 11.5. The molecule has 0 saturated heterocycles. The van der Waals surface area contributed by atoms with E-state index in [1.54, 1.807) is 11.3 Å². The van der Waals surface area contributed by atoms with Crippen LogP contribution < -0.4 is 10.4 Å². The summed E-state index contributed by atoms with van der Waals surface area (Å²) in [5.41, 5.74) is 1.31. The third kappa shape index (κ3) is 3.04. The van der Waals surface area contributed by atoms with E-state index < -0.39 is 12.0 Å². The number of carboxylic acid groups (broad SMARTS) is 1. The number of carbonyl (C=O) groups is 1. The molecule has 5 nitrogen and oxygen atoms in total. The van der Waals surface area contributed by atoms with E-state index in [0.717, 1.165) is 29.5 Å². The van der Waals surface area contributed by atoms with Crippen molar-refractivity contribution in [2.45, 2.75) is 58.9 Å². The molecule has 124 valence electrons. The molecule has 2 heterocycles. The van der Waals surface area contributed by atoms with Crippen molar-refractivity contribution >= 4 is 33.3 Å². The first-order valence-electron chi connectivity index (χ1n) is 8.27. The molecule has 0 unspecified atom stereocenters. The zero-order valence-electron chi connectivity index (χ0n) is 13.8. The van der Waals surface area contributed by atoms with E-state index in [1.165, 1.54) is 23.3 Å². The van der Waals surface area contributed by atoms with Crippen molar-refractivity contribution in [3.8, 4) is 0 Å². The van der Waals surface area contributed by atoms with Crippen LogP contribution in [-0.2, 0) is 17.6 Å². The van der Waals surface area contributed by atoms with E-state index in [-0.39, 0.29) is 5.92 Å². The molecular formula is C17H22N3O2S-. The summed E-state index contributed by atoms with van der Waals surface area (Å²) in [5, 5.41) is 15.7. The Kier molecular flexibility index (Phi) is 4.53. The second-order valence-corrected chi connectivity index (χ2v) is 7.42. The van der Waals surface area contributed by atoms with E-state index in [0.29, 0.717) is 11.6 Å². The molecule has 1 N–H and O–H groups in total. The summed E-state index contributed by atoms with van der Waals surface area (Å²) in [6.45, 7) is 5.75. The minimum Gasteiger partial charge on any atom is -0.548 e. The van der Waals surface area contributed by atoms with Crippen LogP contribution in [0, 0.1) is 12.8 Å². The number of thiophene rings is 1. The normalized spacial score (nSPS) is 16.8. The Morgan fingerprint density at radius 1 is 1.35 bits per heavy atom. The van der Waals surface area contributed by atoms with Gasteiger partial charge in [0.2, 0.25) is 0 Å². The van der Waals surface area contributed by atoms with Gasteiger partial charge < -0.3 is 15.2 Å². The quantitative estimate of drug-likeness (QED) is 0.910. The lowest BCUT2D eigenvalue weighted by Gasteiger charge is -2.26. The van der Waals surface area contributed by atoms with Crippen LogP contribution >= 0.6 is 11.3 Å². The van der Waals surface area contributed by atoms with Crippen LogP contribution in [0.5, 0.6) is 0 Å². The first-order chi connectivity index (χ1) is 11.0. The fraction of sp³-hybridized carbons (Fsp3) is 0.588. The molecule has 0 fully saturated rings. The van der Waals surface area contributed by atoms with Gasteiger partial charge >= 0.3 is 0 Å².